The number of nitrogens with zero attached hydrogens (tertiary/aromatic N) is 1. The molecule has 2 unspecified atom stereocenters. The predicted molar refractivity (Wildman–Crippen MR) is 128 cm³/mol. The number of carbonyl (C=O) groups excluding carboxylic acids is 2. The van der Waals surface area contributed by atoms with E-state index in [2.05, 4.69) is 5.32 Å². The van der Waals surface area contributed by atoms with Crippen molar-refractivity contribution in [1.82, 2.24) is 5.32 Å². The van der Waals surface area contributed by atoms with Crippen LogP contribution in [-0.2, 0) is 0 Å². The van der Waals surface area contributed by atoms with Gasteiger partial charge in [0.15, 0.2) is 0 Å². The maximum Gasteiger partial charge on any atom is 0.258 e. The van der Waals surface area contributed by atoms with Crippen LogP contribution >= 0.6 is 11.8 Å². The minimum Gasteiger partial charge on any atom is -0.349 e. The Morgan fingerprint density at radius 2 is 1.68 bits per heavy atom. The van der Waals surface area contributed by atoms with Crippen LogP contribution in [-0.4, -0.2) is 30.2 Å². The van der Waals surface area contributed by atoms with Gasteiger partial charge in [0.05, 0.1) is 5.69 Å². The summed E-state index contributed by atoms with van der Waals surface area (Å²) in [6, 6.07) is 15.5. The largest absolute Gasteiger partial charge is 0.349 e. The molecule has 2 fully saturated rings. The predicted octanol–water partition coefficient (Wildman–Crippen LogP) is 5.77. The normalized spacial score (nSPS) is 25.3. The van der Waals surface area contributed by atoms with E-state index in [4.69, 9.17) is 0 Å². The molecule has 2 aliphatic carbocycles. The molecule has 2 amide bonds. The zero-order chi connectivity index (χ0) is 21.2. The summed E-state index contributed by atoms with van der Waals surface area (Å²) in [6.45, 7) is 0.655. The maximum atomic E-state index is 13.2. The Balaban J connectivity index is 0.00000245. The van der Waals surface area contributed by atoms with Crippen molar-refractivity contribution in [3.05, 3.63) is 59.7 Å². The van der Waals surface area contributed by atoms with Gasteiger partial charge in [-0.25, -0.2) is 0 Å². The Hall–Kier alpha value is -2.27. The van der Waals surface area contributed by atoms with Crippen LogP contribution in [0.4, 0.5) is 5.69 Å². The number of rotatable bonds is 3. The van der Waals surface area contributed by atoms with Gasteiger partial charge in [0.2, 0.25) is 0 Å². The van der Waals surface area contributed by atoms with Crippen LogP contribution in [0.1, 0.15) is 67.1 Å². The first-order valence-corrected chi connectivity index (χ1v) is 12.6. The molecule has 31 heavy (non-hydrogen) atoms. The van der Waals surface area contributed by atoms with E-state index >= 15 is 0 Å². The van der Waals surface area contributed by atoms with Crippen LogP contribution in [0.3, 0.4) is 0 Å². The number of nitrogens with one attached hydrogen (secondary N) is 1. The minimum absolute atomic E-state index is 0. The summed E-state index contributed by atoms with van der Waals surface area (Å²) in [5.41, 5.74) is 2.19. The van der Waals surface area contributed by atoms with Gasteiger partial charge < -0.3 is 10.2 Å². The Morgan fingerprint density at radius 1 is 0.935 bits per heavy atom. The molecular formula is C26H32N2O2S. The Morgan fingerprint density at radius 3 is 2.42 bits per heavy atom. The molecule has 3 aliphatic rings. The van der Waals surface area contributed by atoms with Gasteiger partial charge in [-0.15, -0.1) is 11.8 Å². The van der Waals surface area contributed by atoms with Gasteiger partial charge in [-0.05, 0) is 55.0 Å². The van der Waals surface area contributed by atoms with Gasteiger partial charge in [0.25, 0.3) is 11.8 Å². The lowest BCUT2D eigenvalue weighted by molar-refractivity contribution is 0.0922. The molecule has 0 radical (unpaired) electrons. The van der Waals surface area contributed by atoms with E-state index in [1.165, 1.54) is 32.1 Å². The third-order valence-corrected chi connectivity index (χ3v) is 8.17. The highest BCUT2D eigenvalue weighted by molar-refractivity contribution is 7.99. The van der Waals surface area contributed by atoms with Crippen molar-refractivity contribution in [1.29, 1.82) is 0 Å². The number of thioether (sulfide) groups is 1. The number of amides is 2. The smallest absolute Gasteiger partial charge is 0.258 e. The molecule has 164 valence electrons. The van der Waals surface area contributed by atoms with Crippen molar-refractivity contribution in [3.63, 3.8) is 0 Å². The van der Waals surface area contributed by atoms with E-state index in [1.807, 2.05) is 53.4 Å². The summed E-state index contributed by atoms with van der Waals surface area (Å²) in [4.78, 5) is 29.2. The van der Waals surface area contributed by atoms with Crippen molar-refractivity contribution >= 4 is 29.3 Å². The van der Waals surface area contributed by atoms with Crippen molar-refractivity contribution < 1.29 is 11.0 Å². The zero-order valence-corrected chi connectivity index (χ0v) is 18.7. The first kappa shape index (κ1) is 20.6. The summed E-state index contributed by atoms with van der Waals surface area (Å²) >= 11 is 1.75. The number of anilines is 1. The summed E-state index contributed by atoms with van der Waals surface area (Å²) in [5, 5.41) is 3.34. The van der Waals surface area contributed by atoms with Crippen LogP contribution in [0.2, 0.25) is 0 Å². The Kier molecular flexibility index (Phi) is 6.04. The molecule has 2 bridgehead atoms. The van der Waals surface area contributed by atoms with E-state index in [-0.39, 0.29) is 19.3 Å². The number of fused-ring (bicyclic) bond motifs is 4. The van der Waals surface area contributed by atoms with Gasteiger partial charge in [-0.3, -0.25) is 9.59 Å². The van der Waals surface area contributed by atoms with Crippen molar-refractivity contribution in [2.24, 2.45) is 11.8 Å². The second-order valence-corrected chi connectivity index (χ2v) is 10.4. The standard InChI is InChI=1S/C26H30N2O2S.H2/c29-25(27-22-15-18-5-4-6-19(16-22)10-9-18)21-11-12-24-23(17-21)28(13-14-31-24)26(30)20-7-2-1-3-8-20;/h1-3,7-8,11-12,17-19,22H,4-6,9-10,13-16H2,(H,27,29);1H. The topological polar surface area (TPSA) is 49.4 Å². The van der Waals surface area contributed by atoms with Crippen LogP contribution < -0.4 is 10.2 Å². The fourth-order valence-corrected chi connectivity index (χ4v) is 6.50. The number of hydrogen-bond acceptors (Lipinski definition) is 3. The van der Waals surface area contributed by atoms with E-state index < -0.39 is 0 Å². The van der Waals surface area contributed by atoms with Crippen LogP contribution in [0.15, 0.2) is 53.4 Å². The van der Waals surface area contributed by atoms with Crippen molar-refractivity contribution in [2.75, 3.05) is 17.2 Å². The molecule has 1 heterocycles. The molecule has 0 spiro atoms. The summed E-state index contributed by atoms with van der Waals surface area (Å²) in [6.07, 6.45) is 8.85. The quantitative estimate of drug-likeness (QED) is 0.664. The van der Waals surface area contributed by atoms with E-state index in [9.17, 15) is 9.59 Å². The highest BCUT2D eigenvalue weighted by atomic mass is 32.2. The van der Waals surface area contributed by atoms with E-state index in [0.717, 1.165) is 41.0 Å². The molecule has 1 N–H and O–H groups in total. The molecule has 1 aliphatic heterocycles. The third-order valence-electron chi connectivity index (χ3n) is 7.13. The van der Waals surface area contributed by atoms with E-state index in [1.54, 1.807) is 11.8 Å². The fourth-order valence-electron chi connectivity index (χ4n) is 5.52. The van der Waals surface area contributed by atoms with Gasteiger partial charge in [0, 0.05) is 35.8 Å². The SMILES string of the molecule is O=C(NC1CC2CCCC(CC2)C1)c1ccc2c(c1)N(C(=O)c1ccccc1)CCS2.[HH]. The number of carbonyl (C=O) groups is 2. The van der Waals surface area contributed by atoms with Crippen LogP contribution in [0, 0.1) is 11.8 Å². The molecule has 2 saturated carbocycles. The second kappa shape index (κ2) is 9.07. The van der Waals surface area contributed by atoms with Gasteiger partial charge in [0.1, 0.15) is 0 Å². The zero-order valence-electron chi connectivity index (χ0n) is 17.9. The second-order valence-electron chi connectivity index (χ2n) is 9.24. The molecule has 0 saturated heterocycles. The highest BCUT2D eigenvalue weighted by Crippen LogP contribution is 2.38. The monoisotopic (exact) mass is 436 g/mol. The summed E-state index contributed by atoms with van der Waals surface area (Å²) in [7, 11) is 0. The lowest BCUT2D eigenvalue weighted by Gasteiger charge is -2.30. The average Bonchev–Trinajstić information content (AvgIpc) is 3.13. The van der Waals surface area contributed by atoms with Gasteiger partial charge in [-0.1, -0.05) is 50.3 Å². The Bertz CT molecular complexity index is 954. The molecule has 4 nitrogen and oxygen atoms in total. The first-order chi connectivity index (χ1) is 15.2. The summed E-state index contributed by atoms with van der Waals surface area (Å²) in [5.74, 6) is 2.38. The first-order valence-electron chi connectivity index (χ1n) is 11.6. The molecule has 2 aromatic carbocycles. The van der Waals surface area contributed by atoms with Crippen molar-refractivity contribution in [2.45, 2.75) is 55.9 Å². The molecule has 2 atom stereocenters. The van der Waals surface area contributed by atoms with Crippen molar-refractivity contribution in [3.8, 4) is 0 Å². The average molecular weight is 437 g/mol. The number of benzene rings is 2. The number of hydrogen-bond donors (Lipinski definition) is 1. The summed E-state index contributed by atoms with van der Waals surface area (Å²) < 4.78 is 0. The third kappa shape index (κ3) is 4.52. The highest BCUT2D eigenvalue weighted by Gasteiger charge is 2.30. The van der Waals surface area contributed by atoms with Gasteiger partial charge in [-0.2, -0.15) is 0 Å². The lowest BCUT2D eigenvalue weighted by atomic mass is 9.88. The fraction of sp³-hybridized carbons (Fsp3) is 0.462. The molecular weight excluding hydrogens is 404 g/mol. The van der Waals surface area contributed by atoms with E-state index in [0.29, 0.717) is 17.7 Å². The van der Waals surface area contributed by atoms with Gasteiger partial charge >= 0.3 is 0 Å². The molecule has 5 heteroatoms. The molecule has 5 rings (SSSR count). The molecule has 0 aromatic heterocycles. The Labute approximate surface area is 190 Å². The maximum absolute atomic E-state index is 13.2. The lowest BCUT2D eigenvalue weighted by Crippen LogP contribution is -2.38. The minimum atomic E-state index is -0.00421. The van der Waals surface area contributed by atoms with Crippen LogP contribution in [0.25, 0.3) is 0 Å². The molecule has 2 aromatic rings. The van der Waals surface area contributed by atoms with Crippen LogP contribution in [0.5, 0.6) is 0 Å².